The Kier molecular flexibility index (Phi) is 5.31. The lowest BCUT2D eigenvalue weighted by Crippen LogP contribution is -2.24. The summed E-state index contributed by atoms with van der Waals surface area (Å²) >= 11 is 0. The SMILES string of the molecule is Cc1cc(N=C(N)CC(N)=NCCN(C)C)n[nH]1. The summed E-state index contributed by atoms with van der Waals surface area (Å²) in [7, 11) is 3.98. The molecule has 18 heavy (non-hydrogen) atoms. The van der Waals surface area contributed by atoms with Gasteiger partial charge in [-0.25, -0.2) is 4.99 Å². The van der Waals surface area contributed by atoms with Crippen LogP contribution in [0, 0.1) is 6.92 Å². The number of aliphatic imine (C=N–C) groups is 2. The minimum atomic E-state index is 0.360. The van der Waals surface area contributed by atoms with Gasteiger partial charge < -0.3 is 16.4 Å². The lowest BCUT2D eigenvalue weighted by atomic mass is 10.3. The molecule has 0 aliphatic carbocycles. The predicted octanol–water partition coefficient (Wildman–Crippen LogP) is 0.0157. The van der Waals surface area contributed by atoms with Gasteiger partial charge in [-0.3, -0.25) is 10.1 Å². The molecule has 100 valence electrons. The Bertz CT molecular complexity index is 430. The third kappa shape index (κ3) is 5.44. The first-order chi connectivity index (χ1) is 8.47. The van der Waals surface area contributed by atoms with E-state index < -0.39 is 0 Å². The standard InChI is InChI=1S/C11H21N7/c1-8-6-11(17-16-8)15-10(13)7-9(12)14-4-5-18(2)3/h6H,4-5,7H2,1-3H3,(H2,12,14)(H3,13,15,16,17). The van der Waals surface area contributed by atoms with Crippen LogP contribution >= 0.6 is 0 Å². The number of aromatic nitrogens is 2. The summed E-state index contributed by atoms with van der Waals surface area (Å²) in [5.74, 6) is 1.46. The molecular formula is C11H21N7. The molecule has 0 spiro atoms. The van der Waals surface area contributed by atoms with Gasteiger partial charge in [-0.1, -0.05) is 0 Å². The number of hydrogen-bond acceptors (Lipinski definition) is 4. The second-order valence-corrected chi connectivity index (χ2v) is 4.37. The minimum absolute atomic E-state index is 0.360. The molecule has 1 heterocycles. The van der Waals surface area contributed by atoms with Crippen molar-refractivity contribution in [2.75, 3.05) is 27.2 Å². The number of nitrogens with zero attached hydrogens (tertiary/aromatic N) is 4. The van der Waals surface area contributed by atoms with E-state index >= 15 is 0 Å². The molecular weight excluding hydrogens is 230 g/mol. The van der Waals surface area contributed by atoms with Crippen LogP contribution in [0.1, 0.15) is 12.1 Å². The quantitative estimate of drug-likeness (QED) is 0.489. The van der Waals surface area contributed by atoms with E-state index in [4.69, 9.17) is 11.5 Å². The summed E-state index contributed by atoms with van der Waals surface area (Å²) < 4.78 is 0. The molecule has 0 saturated carbocycles. The maximum absolute atomic E-state index is 5.77. The number of hydrogen-bond donors (Lipinski definition) is 3. The fourth-order valence-electron chi connectivity index (χ4n) is 1.28. The number of rotatable bonds is 6. The molecule has 7 heteroatoms. The zero-order valence-electron chi connectivity index (χ0n) is 11.1. The van der Waals surface area contributed by atoms with Gasteiger partial charge in [0.25, 0.3) is 0 Å². The van der Waals surface area contributed by atoms with E-state index in [0.717, 1.165) is 12.2 Å². The number of nitrogens with one attached hydrogen (secondary N) is 1. The Balaban J connectivity index is 2.48. The largest absolute Gasteiger partial charge is 0.387 e. The van der Waals surface area contributed by atoms with E-state index in [0.29, 0.717) is 30.5 Å². The lowest BCUT2D eigenvalue weighted by molar-refractivity contribution is 0.420. The van der Waals surface area contributed by atoms with E-state index in [1.165, 1.54) is 0 Å². The van der Waals surface area contributed by atoms with Crippen LogP contribution in [0.15, 0.2) is 16.1 Å². The molecule has 1 aromatic heterocycles. The first-order valence-electron chi connectivity index (χ1n) is 5.76. The number of likely N-dealkylation sites (N-methyl/N-ethyl adjacent to an activating group) is 1. The van der Waals surface area contributed by atoms with Crippen LogP contribution in [0.3, 0.4) is 0 Å². The molecule has 0 unspecified atom stereocenters. The Hall–Kier alpha value is -1.89. The van der Waals surface area contributed by atoms with Crippen molar-refractivity contribution in [3.8, 4) is 0 Å². The number of H-pyrrole nitrogens is 1. The molecule has 7 nitrogen and oxygen atoms in total. The number of aromatic amines is 1. The summed E-state index contributed by atoms with van der Waals surface area (Å²) in [6.45, 7) is 3.42. The van der Waals surface area contributed by atoms with Crippen molar-refractivity contribution >= 4 is 17.5 Å². The van der Waals surface area contributed by atoms with Gasteiger partial charge >= 0.3 is 0 Å². The predicted molar refractivity (Wildman–Crippen MR) is 74.3 cm³/mol. The van der Waals surface area contributed by atoms with Crippen LogP contribution in [0.25, 0.3) is 0 Å². The zero-order chi connectivity index (χ0) is 13.5. The zero-order valence-corrected chi connectivity index (χ0v) is 11.1. The topological polar surface area (TPSA) is 109 Å². The highest BCUT2D eigenvalue weighted by atomic mass is 15.2. The van der Waals surface area contributed by atoms with Crippen molar-refractivity contribution in [2.45, 2.75) is 13.3 Å². The van der Waals surface area contributed by atoms with Crippen LogP contribution < -0.4 is 11.5 Å². The second-order valence-electron chi connectivity index (χ2n) is 4.37. The molecule has 0 bridgehead atoms. The lowest BCUT2D eigenvalue weighted by Gasteiger charge is -2.06. The monoisotopic (exact) mass is 251 g/mol. The summed E-state index contributed by atoms with van der Waals surface area (Å²) in [5.41, 5.74) is 12.5. The van der Waals surface area contributed by atoms with Crippen molar-refractivity contribution in [1.29, 1.82) is 0 Å². The first-order valence-corrected chi connectivity index (χ1v) is 5.76. The fraction of sp³-hybridized carbons (Fsp3) is 0.545. The van der Waals surface area contributed by atoms with Gasteiger partial charge in [0, 0.05) is 18.3 Å². The van der Waals surface area contributed by atoms with Crippen LogP contribution in [0.5, 0.6) is 0 Å². The summed E-state index contributed by atoms with van der Waals surface area (Å²) in [6, 6.07) is 1.81. The molecule has 0 aromatic carbocycles. The molecule has 1 rings (SSSR count). The first kappa shape index (κ1) is 14.2. The Morgan fingerprint density at radius 2 is 2.11 bits per heavy atom. The smallest absolute Gasteiger partial charge is 0.175 e. The number of amidine groups is 2. The highest BCUT2D eigenvalue weighted by Gasteiger charge is 2.00. The summed E-state index contributed by atoms with van der Waals surface area (Å²) in [4.78, 5) is 10.4. The van der Waals surface area contributed by atoms with E-state index in [9.17, 15) is 0 Å². The summed E-state index contributed by atoms with van der Waals surface area (Å²) in [5, 5.41) is 6.76. The maximum atomic E-state index is 5.77. The van der Waals surface area contributed by atoms with E-state index in [2.05, 4.69) is 20.2 Å². The Labute approximate surface area is 107 Å². The van der Waals surface area contributed by atoms with E-state index in [1.54, 1.807) is 0 Å². The Morgan fingerprint density at radius 3 is 2.67 bits per heavy atom. The van der Waals surface area contributed by atoms with Crippen molar-refractivity contribution < 1.29 is 0 Å². The van der Waals surface area contributed by atoms with Gasteiger partial charge in [0.15, 0.2) is 5.82 Å². The normalized spacial score (nSPS) is 13.3. The fourth-order valence-corrected chi connectivity index (χ4v) is 1.28. The number of aryl methyl sites for hydroxylation is 1. The van der Waals surface area contributed by atoms with Crippen LogP contribution in [0.2, 0.25) is 0 Å². The molecule has 5 N–H and O–H groups in total. The van der Waals surface area contributed by atoms with Crippen molar-refractivity contribution in [2.24, 2.45) is 21.5 Å². The highest BCUT2D eigenvalue weighted by molar-refractivity contribution is 6.01. The van der Waals surface area contributed by atoms with Gasteiger partial charge in [0.2, 0.25) is 0 Å². The van der Waals surface area contributed by atoms with Crippen LogP contribution in [0.4, 0.5) is 5.82 Å². The third-order valence-electron chi connectivity index (χ3n) is 2.17. The van der Waals surface area contributed by atoms with Gasteiger partial charge in [-0.05, 0) is 21.0 Å². The molecule has 1 aromatic rings. The Morgan fingerprint density at radius 1 is 1.39 bits per heavy atom. The van der Waals surface area contributed by atoms with Gasteiger partial charge in [0.1, 0.15) is 11.7 Å². The van der Waals surface area contributed by atoms with E-state index in [1.807, 2.05) is 32.0 Å². The molecule has 0 aliphatic heterocycles. The second kappa shape index (κ2) is 6.75. The van der Waals surface area contributed by atoms with Gasteiger partial charge in [-0.2, -0.15) is 5.10 Å². The van der Waals surface area contributed by atoms with Crippen molar-refractivity contribution in [1.82, 2.24) is 15.1 Å². The molecule has 0 saturated heterocycles. The average Bonchev–Trinajstić information content (AvgIpc) is 2.62. The number of nitrogens with two attached hydrogens (primary N) is 2. The third-order valence-corrected chi connectivity index (χ3v) is 2.17. The van der Waals surface area contributed by atoms with Crippen LogP contribution in [-0.4, -0.2) is 54.0 Å². The molecule has 0 aliphatic rings. The minimum Gasteiger partial charge on any atom is -0.387 e. The van der Waals surface area contributed by atoms with Gasteiger partial charge in [-0.15, -0.1) is 0 Å². The highest BCUT2D eigenvalue weighted by Crippen LogP contribution is 2.08. The molecule has 0 amide bonds. The summed E-state index contributed by atoms with van der Waals surface area (Å²) in [6.07, 6.45) is 0.360. The van der Waals surface area contributed by atoms with Crippen LogP contribution in [-0.2, 0) is 0 Å². The van der Waals surface area contributed by atoms with Gasteiger partial charge in [0.05, 0.1) is 13.0 Å². The molecule has 0 fully saturated rings. The van der Waals surface area contributed by atoms with Crippen molar-refractivity contribution in [3.63, 3.8) is 0 Å². The average molecular weight is 251 g/mol. The molecule has 0 radical (unpaired) electrons. The van der Waals surface area contributed by atoms with E-state index in [-0.39, 0.29) is 0 Å². The maximum Gasteiger partial charge on any atom is 0.175 e. The molecule has 0 atom stereocenters. The van der Waals surface area contributed by atoms with Crippen molar-refractivity contribution in [3.05, 3.63) is 11.8 Å².